The quantitative estimate of drug-likeness (QED) is 0.0811. The van der Waals surface area contributed by atoms with E-state index in [1.165, 1.54) is 0 Å². The van der Waals surface area contributed by atoms with Crippen molar-refractivity contribution in [2.45, 2.75) is 57.5 Å². The monoisotopic (exact) mass is 697 g/mol. The second-order valence-electron chi connectivity index (χ2n) is 12.0. The second kappa shape index (κ2) is 19.1. The highest BCUT2D eigenvalue weighted by atomic mass is 19.4. The number of alkyl halides is 3. The first kappa shape index (κ1) is 38.3. The highest BCUT2D eigenvalue weighted by molar-refractivity contribution is 5.99. The average molecular weight is 698 g/mol. The van der Waals surface area contributed by atoms with Crippen molar-refractivity contribution in [2.75, 3.05) is 46.5 Å². The van der Waals surface area contributed by atoms with E-state index in [4.69, 9.17) is 19.9 Å². The number of guanidine groups is 1. The zero-order valence-electron chi connectivity index (χ0n) is 28.5. The molecule has 3 aromatic carbocycles. The number of piperazine rings is 1. The number of amides is 1. The summed E-state index contributed by atoms with van der Waals surface area (Å²) in [5.74, 6) is -3.40. The van der Waals surface area contributed by atoms with Crippen molar-refractivity contribution in [3.05, 3.63) is 89.5 Å². The van der Waals surface area contributed by atoms with E-state index in [2.05, 4.69) is 32.7 Å². The van der Waals surface area contributed by atoms with Crippen LogP contribution in [0.15, 0.2) is 77.8 Å². The molecule has 10 nitrogen and oxygen atoms in total. The smallest absolute Gasteiger partial charge is 0.490 e. The molecule has 0 bridgehead atoms. The Hall–Kier alpha value is -4.46. The number of esters is 1. The zero-order chi connectivity index (χ0) is 35.9. The molecule has 50 heavy (non-hydrogen) atoms. The molecule has 2 unspecified atom stereocenters. The average Bonchev–Trinajstić information content (AvgIpc) is 3.11. The Kier molecular flexibility index (Phi) is 14.6. The van der Waals surface area contributed by atoms with Crippen LogP contribution in [0.3, 0.4) is 0 Å². The number of methoxy groups -OCH3 is 1. The summed E-state index contributed by atoms with van der Waals surface area (Å²) >= 11 is 0. The number of hydrogen-bond donors (Lipinski definition) is 3. The number of unbranched alkanes of at least 4 members (excludes halogenated alkanes) is 1. The maximum atomic E-state index is 13.4. The highest BCUT2D eigenvalue weighted by Gasteiger charge is 2.43. The molecule has 0 radical (unpaired) electrons. The van der Waals surface area contributed by atoms with E-state index >= 15 is 0 Å². The lowest BCUT2D eigenvalue weighted by atomic mass is 9.93. The van der Waals surface area contributed by atoms with Gasteiger partial charge in [-0.2, -0.15) is 13.2 Å². The summed E-state index contributed by atoms with van der Waals surface area (Å²) in [5.41, 5.74) is 9.99. The number of nitrogens with zero attached hydrogens (tertiary/aromatic N) is 2. The van der Waals surface area contributed by atoms with Gasteiger partial charge in [-0.1, -0.05) is 86.1 Å². The fraction of sp³-hybridized carbons (Fsp3) is 0.432. The first-order valence-corrected chi connectivity index (χ1v) is 16.8. The molecule has 4 N–H and O–H groups in total. The minimum absolute atomic E-state index is 0.0821. The SMILES string of the molecule is CCCCN=C(N)NC(=O)C(Cc1ccc(-c2ccccc2)c(CN2CCNC(c3ccccc3)C2)c1OCCCOC)OC(=O)C(F)(F)F. The minimum Gasteiger partial charge on any atom is -0.493 e. The van der Waals surface area contributed by atoms with Crippen LogP contribution in [0, 0.1) is 0 Å². The lowest BCUT2D eigenvalue weighted by Crippen LogP contribution is -2.46. The number of aliphatic imine (C=N–C) groups is 1. The predicted molar refractivity (Wildman–Crippen MR) is 186 cm³/mol. The van der Waals surface area contributed by atoms with Gasteiger partial charge in [0.2, 0.25) is 0 Å². The second-order valence-corrected chi connectivity index (χ2v) is 12.0. The van der Waals surface area contributed by atoms with Crippen LogP contribution in [0.1, 0.15) is 48.9 Å². The molecule has 0 aromatic heterocycles. The van der Waals surface area contributed by atoms with Gasteiger partial charge < -0.3 is 25.3 Å². The third-order valence-corrected chi connectivity index (χ3v) is 8.23. The number of halogens is 3. The number of nitrogens with two attached hydrogens (primary N) is 1. The fourth-order valence-electron chi connectivity index (χ4n) is 5.71. The van der Waals surface area contributed by atoms with Crippen LogP contribution in [0.4, 0.5) is 13.2 Å². The number of carbonyl (C=O) groups is 2. The predicted octanol–water partition coefficient (Wildman–Crippen LogP) is 5.16. The van der Waals surface area contributed by atoms with Crippen LogP contribution in [0.5, 0.6) is 5.75 Å². The largest absolute Gasteiger partial charge is 0.493 e. The summed E-state index contributed by atoms with van der Waals surface area (Å²) in [6.07, 6.45) is -5.56. The molecule has 13 heteroatoms. The van der Waals surface area contributed by atoms with Crippen molar-refractivity contribution < 1.29 is 37.0 Å². The number of nitrogens with one attached hydrogen (secondary N) is 2. The summed E-state index contributed by atoms with van der Waals surface area (Å²) in [7, 11) is 1.58. The summed E-state index contributed by atoms with van der Waals surface area (Å²) in [4.78, 5) is 31.7. The molecule has 4 rings (SSSR count). The molecule has 0 saturated carbocycles. The molecule has 1 saturated heterocycles. The van der Waals surface area contributed by atoms with E-state index in [1.54, 1.807) is 13.2 Å². The zero-order valence-corrected chi connectivity index (χ0v) is 28.5. The minimum atomic E-state index is -5.32. The molecular weight excluding hydrogens is 651 g/mol. The van der Waals surface area contributed by atoms with Crippen LogP contribution in [-0.2, 0) is 32.0 Å². The van der Waals surface area contributed by atoms with Crippen molar-refractivity contribution in [3.63, 3.8) is 0 Å². The number of hydrogen-bond acceptors (Lipinski definition) is 8. The lowest BCUT2D eigenvalue weighted by molar-refractivity contribution is -0.205. The first-order valence-electron chi connectivity index (χ1n) is 16.8. The summed E-state index contributed by atoms with van der Waals surface area (Å²) < 4.78 is 56.7. The topological polar surface area (TPSA) is 128 Å². The number of benzene rings is 3. The third-order valence-electron chi connectivity index (χ3n) is 8.23. The van der Waals surface area contributed by atoms with Gasteiger partial charge >= 0.3 is 12.1 Å². The van der Waals surface area contributed by atoms with E-state index in [-0.39, 0.29) is 18.6 Å². The summed E-state index contributed by atoms with van der Waals surface area (Å²) in [5, 5.41) is 5.89. The maximum absolute atomic E-state index is 13.4. The Bertz CT molecular complexity index is 1560. The molecule has 0 aliphatic carbocycles. The van der Waals surface area contributed by atoms with Crippen LogP contribution >= 0.6 is 0 Å². The van der Waals surface area contributed by atoms with Gasteiger partial charge in [0, 0.05) is 70.9 Å². The Morgan fingerprint density at radius 2 is 1.76 bits per heavy atom. The Morgan fingerprint density at radius 3 is 2.44 bits per heavy atom. The van der Waals surface area contributed by atoms with Gasteiger partial charge in [-0.3, -0.25) is 20.0 Å². The van der Waals surface area contributed by atoms with Gasteiger partial charge in [0.25, 0.3) is 5.91 Å². The Labute approximate surface area is 291 Å². The molecule has 270 valence electrons. The maximum Gasteiger partial charge on any atom is 0.490 e. The molecule has 2 atom stereocenters. The Balaban J connectivity index is 1.75. The van der Waals surface area contributed by atoms with Gasteiger partial charge in [-0.05, 0) is 28.7 Å². The van der Waals surface area contributed by atoms with Gasteiger partial charge in [-0.25, -0.2) is 4.79 Å². The van der Waals surface area contributed by atoms with Gasteiger partial charge in [0.1, 0.15) is 5.75 Å². The molecule has 0 spiro atoms. The van der Waals surface area contributed by atoms with Crippen molar-refractivity contribution >= 4 is 17.8 Å². The van der Waals surface area contributed by atoms with Crippen molar-refractivity contribution in [3.8, 4) is 16.9 Å². The van der Waals surface area contributed by atoms with Crippen molar-refractivity contribution in [1.82, 2.24) is 15.5 Å². The van der Waals surface area contributed by atoms with E-state index in [0.29, 0.717) is 50.4 Å². The summed E-state index contributed by atoms with van der Waals surface area (Å²) in [6.45, 7) is 5.52. The van der Waals surface area contributed by atoms with Crippen LogP contribution in [-0.4, -0.2) is 81.5 Å². The fourth-order valence-corrected chi connectivity index (χ4v) is 5.71. The van der Waals surface area contributed by atoms with Crippen molar-refractivity contribution in [1.29, 1.82) is 0 Å². The van der Waals surface area contributed by atoms with Crippen LogP contribution in [0.2, 0.25) is 0 Å². The molecule has 1 fully saturated rings. The molecule has 1 heterocycles. The van der Waals surface area contributed by atoms with Gasteiger partial charge in [-0.15, -0.1) is 0 Å². The normalized spacial score (nSPS) is 16.1. The third kappa shape index (κ3) is 11.3. The molecule has 3 aromatic rings. The first-order chi connectivity index (χ1) is 24.1. The number of ether oxygens (including phenoxy) is 3. The van der Waals surface area contributed by atoms with E-state index in [1.807, 2.05) is 61.5 Å². The molecule has 1 aliphatic heterocycles. The molecule has 1 aliphatic rings. The van der Waals surface area contributed by atoms with Crippen molar-refractivity contribution in [2.24, 2.45) is 10.7 Å². The Morgan fingerprint density at radius 1 is 1.04 bits per heavy atom. The van der Waals surface area contributed by atoms with E-state index in [9.17, 15) is 22.8 Å². The standard InChI is InChI=1S/C37H46F3N5O5/c1-3-4-18-43-36(41)44-34(46)32(50-35(47)37(38,39)40)23-28-16-17-29(26-12-7-5-8-13-26)30(33(28)49-22-11-21-48-2)24-45-20-19-42-31(25-45)27-14-9-6-10-15-27/h5-10,12-17,31-32,42H,3-4,11,18-25H2,1-2H3,(H3,41,43,44,46). The van der Waals surface area contributed by atoms with Gasteiger partial charge in [0.15, 0.2) is 12.1 Å². The number of rotatable bonds is 16. The van der Waals surface area contributed by atoms with Gasteiger partial charge in [0.05, 0.1) is 6.61 Å². The summed E-state index contributed by atoms with van der Waals surface area (Å²) in [6, 6.07) is 23.5. The van der Waals surface area contributed by atoms with E-state index < -0.39 is 30.6 Å². The van der Waals surface area contributed by atoms with Crippen LogP contribution < -0.4 is 21.1 Å². The molecule has 1 amide bonds. The molecular formula is C37H46F3N5O5. The van der Waals surface area contributed by atoms with Crippen LogP contribution in [0.25, 0.3) is 11.1 Å². The number of carbonyl (C=O) groups excluding carboxylic acids is 2. The lowest BCUT2D eigenvalue weighted by Gasteiger charge is -2.35. The van der Waals surface area contributed by atoms with E-state index in [0.717, 1.165) is 41.8 Å². The highest BCUT2D eigenvalue weighted by Crippen LogP contribution is 2.37.